The number of nitrogen functional groups attached to an aromatic ring is 1. The van der Waals surface area contributed by atoms with Crippen molar-refractivity contribution in [1.82, 2.24) is 4.98 Å². The molecule has 0 spiro atoms. The van der Waals surface area contributed by atoms with Crippen molar-refractivity contribution in [1.29, 1.82) is 0 Å². The van der Waals surface area contributed by atoms with Crippen LogP contribution in [0.25, 0.3) is 0 Å². The fourth-order valence-corrected chi connectivity index (χ4v) is 3.53. The third kappa shape index (κ3) is 3.54. The van der Waals surface area contributed by atoms with Gasteiger partial charge in [0, 0.05) is 16.7 Å². The Morgan fingerprint density at radius 3 is 2.57 bits per heavy atom. The highest BCUT2D eigenvalue weighted by Gasteiger charge is 2.17. The van der Waals surface area contributed by atoms with Crippen LogP contribution in [0.2, 0.25) is 0 Å². The average Bonchev–Trinajstić information content (AvgIpc) is 2.75. The van der Waals surface area contributed by atoms with Crippen LogP contribution in [0.3, 0.4) is 0 Å². The SMILES string of the molecule is CCNc1nc(N)c(C(=O)Nc2c(C)cc(Br)cc2C)s1. The fourth-order valence-electron chi connectivity index (χ4n) is 2.00. The van der Waals surface area contributed by atoms with Gasteiger partial charge in [-0.05, 0) is 44.0 Å². The van der Waals surface area contributed by atoms with Crippen molar-refractivity contribution in [3.8, 4) is 0 Å². The molecule has 0 atom stereocenters. The number of anilines is 3. The van der Waals surface area contributed by atoms with E-state index in [1.54, 1.807) is 0 Å². The molecule has 1 aromatic heterocycles. The molecule has 0 aliphatic heterocycles. The van der Waals surface area contributed by atoms with Crippen LogP contribution in [-0.2, 0) is 0 Å². The Labute approximate surface area is 136 Å². The van der Waals surface area contributed by atoms with Gasteiger partial charge in [0.15, 0.2) is 5.13 Å². The van der Waals surface area contributed by atoms with Crippen molar-refractivity contribution < 1.29 is 4.79 Å². The van der Waals surface area contributed by atoms with Crippen LogP contribution in [0.15, 0.2) is 16.6 Å². The van der Waals surface area contributed by atoms with E-state index in [1.807, 2.05) is 32.9 Å². The predicted octanol–water partition coefficient (Wildman–Crippen LogP) is 3.79. The van der Waals surface area contributed by atoms with Gasteiger partial charge in [-0.15, -0.1) is 0 Å². The van der Waals surface area contributed by atoms with Crippen molar-refractivity contribution in [2.24, 2.45) is 0 Å². The molecule has 0 unspecified atom stereocenters. The summed E-state index contributed by atoms with van der Waals surface area (Å²) in [7, 11) is 0. The van der Waals surface area contributed by atoms with E-state index < -0.39 is 0 Å². The number of thiazole rings is 1. The van der Waals surface area contributed by atoms with Gasteiger partial charge in [0.05, 0.1) is 0 Å². The van der Waals surface area contributed by atoms with Gasteiger partial charge in [-0.25, -0.2) is 4.98 Å². The molecule has 0 fully saturated rings. The maximum atomic E-state index is 12.4. The van der Waals surface area contributed by atoms with E-state index in [-0.39, 0.29) is 11.7 Å². The predicted molar refractivity (Wildman–Crippen MR) is 92.3 cm³/mol. The number of nitrogens with two attached hydrogens (primary N) is 1. The Bertz CT molecular complexity index is 661. The van der Waals surface area contributed by atoms with E-state index in [0.717, 1.165) is 27.8 Å². The van der Waals surface area contributed by atoms with Gasteiger partial charge < -0.3 is 16.4 Å². The lowest BCUT2D eigenvalue weighted by Crippen LogP contribution is -2.14. The highest BCUT2D eigenvalue weighted by Crippen LogP contribution is 2.29. The Kier molecular flexibility index (Phi) is 4.84. The average molecular weight is 369 g/mol. The number of hydrogen-bond acceptors (Lipinski definition) is 5. The first-order valence-corrected chi connectivity index (χ1v) is 8.11. The summed E-state index contributed by atoms with van der Waals surface area (Å²) in [6.07, 6.45) is 0. The largest absolute Gasteiger partial charge is 0.382 e. The second-order valence-corrected chi connectivity index (χ2v) is 6.55. The molecule has 0 radical (unpaired) electrons. The van der Waals surface area contributed by atoms with Gasteiger partial charge in [0.1, 0.15) is 10.7 Å². The summed E-state index contributed by atoms with van der Waals surface area (Å²) in [5.74, 6) is 0.0172. The smallest absolute Gasteiger partial charge is 0.269 e. The third-order valence-electron chi connectivity index (χ3n) is 2.92. The summed E-state index contributed by atoms with van der Waals surface area (Å²) in [6, 6.07) is 3.92. The lowest BCUT2D eigenvalue weighted by molar-refractivity contribution is 0.103. The van der Waals surface area contributed by atoms with Gasteiger partial charge in [-0.1, -0.05) is 27.3 Å². The Morgan fingerprint density at radius 2 is 2.00 bits per heavy atom. The van der Waals surface area contributed by atoms with Crippen LogP contribution in [0.1, 0.15) is 27.7 Å². The molecule has 0 saturated carbocycles. The topological polar surface area (TPSA) is 80.0 Å². The van der Waals surface area contributed by atoms with E-state index >= 15 is 0 Å². The second-order valence-electron chi connectivity index (χ2n) is 4.63. The summed E-state index contributed by atoms with van der Waals surface area (Å²) >= 11 is 4.70. The first-order valence-electron chi connectivity index (χ1n) is 6.50. The lowest BCUT2D eigenvalue weighted by Gasteiger charge is -2.11. The van der Waals surface area contributed by atoms with Crippen LogP contribution in [0.4, 0.5) is 16.6 Å². The van der Waals surface area contributed by atoms with Gasteiger partial charge in [0.25, 0.3) is 5.91 Å². The maximum Gasteiger partial charge on any atom is 0.269 e. The first kappa shape index (κ1) is 15.8. The number of aromatic nitrogens is 1. The number of benzene rings is 1. The zero-order chi connectivity index (χ0) is 15.6. The fraction of sp³-hybridized carbons (Fsp3) is 0.286. The maximum absolute atomic E-state index is 12.4. The summed E-state index contributed by atoms with van der Waals surface area (Å²) < 4.78 is 0.988. The number of amides is 1. The van der Waals surface area contributed by atoms with Crippen LogP contribution >= 0.6 is 27.3 Å². The number of nitrogens with zero attached hydrogens (tertiary/aromatic N) is 1. The number of carbonyl (C=O) groups is 1. The number of carbonyl (C=O) groups excluding carboxylic acids is 1. The van der Waals surface area contributed by atoms with Gasteiger partial charge in [0.2, 0.25) is 0 Å². The minimum absolute atomic E-state index is 0.234. The molecule has 0 saturated heterocycles. The number of nitrogens with one attached hydrogen (secondary N) is 2. The molecule has 0 aliphatic rings. The normalized spacial score (nSPS) is 10.5. The molecular weight excluding hydrogens is 352 g/mol. The van der Waals surface area contributed by atoms with Crippen molar-refractivity contribution in [2.75, 3.05) is 22.9 Å². The highest BCUT2D eigenvalue weighted by atomic mass is 79.9. The molecule has 112 valence electrons. The molecular formula is C14H17BrN4OS. The van der Waals surface area contributed by atoms with E-state index in [4.69, 9.17) is 5.73 Å². The Hall–Kier alpha value is -1.60. The van der Waals surface area contributed by atoms with E-state index in [9.17, 15) is 4.79 Å². The number of aryl methyl sites for hydroxylation is 2. The quantitative estimate of drug-likeness (QED) is 0.766. The zero-order valence-electron chi connectivity index (χ0n) is 12.1. The van der Waals surface area contributed by atoms with Gasteiger partial charge in [-0.3, -0.25) is 4.79 Å². The minimum atomic E-state index is -0.234. The molecule has 1 amide bonds. The number of hydrogen-bond donors (Lipinski definition) is 3. The van der Waals surface area contributed by atoms with E-state index in [0.29, 0.717) is 10.0 Å². The third-order valence-corrected chi connectivity index (χ3v) is 4.41. The first-order chi connectivity index (χ1) is 9.92. The van der Waals surface area contributed by atoms with Crippen molar-refractivity contribution in [3.63, 3.8) is 0 Å². The summed E-state index contributed by atoms with van der Waals surface area (Å²) in [5.41, 5.74) is 8.61. The minimum Gasteiger partial charge on any atom is -0.382 e. The number of rotatable bonds is 4. The van der Waals surface area contributed by atoms with E-state index in [1.165, 1.54) is 11.3 Å². The molecule has 2 aromatic rings. The van der Waals surface area contributed by atoms with Crippen molar-refractivity contribution in [2.45, 2.75) is 20.8 Å². The molecule has 5 nitrogen and oxygen atoms in total. The molecule has 7 heteroatoms. The zero-order valence-corrected chi connectivity index (χ0v) is 14.5. The van der Waals surface area contributed by atoms with Crippen LogP contribution < -0.4 is 16.4 Å². The van der Waals surface area contributed by atoms with Gasteiger partial charge >= 0.3 is 0 Å². The Morgan fingerprint density at radius 1 is 1.38 bits per heavy atom. The molecule has 4 N–H and O–H groups in total. The standard InChI is InChI=1S/C14H17BrN4OS/c1-4-17-14-19-12(16)11(21-14)13(20)18-10-7(2)5-9(15)6-8(10)3/h5-6H,4,16H2,1-3H3,(H,17,19)(H,18,20). The summed E-state index contributed by atoms with van der Waals surface area (Å²) in [6.45, 7) is 6.60. The highest BCUT2D eigenvalue weighted by molar-refractivity contribution is 9.10. The molecule has 1 aromatic carbocycles. The van der Waals surface area contributed by atoms with Crippen LogP contribution in [-0.4, -0.2) is 17.4 Å². The monoisotopic (exact) mass is 368 g/mol. The van der Waals surface area contributed by atoms with Crippen LogP contribution in [0, 0.1) is 13.8 Å². The van der Waals surface area contributed by atoms with Crippen molar-refractivity contribution >= 4 is 49.8 Å². The second kappa shape index (κ2) is 6.44. The van der Waals surface area contributed by atoms with Gasteiger partial charge in [-0.2, -0.15) is 0 Å². The lowest BCUT2D eigenvalue weighted by atomic mass is 10.1. The summed E-state index contributed by atoms with van der Waals surface area (Å²) in [4.78, 5) is 16.9. The molecule has 0 aliphatic carbocycles. The summed E-state index contributed by atoms with van der Waals surface area (Å²) in [5, 5.41) is 6.64. The number of halogens is 1. The molecule has 21 heavy (non-hydrogen) atoms. The van der Waals surface area contributed by atoms with Crippen LogP contribution in [0.5, 0.6) is 0 Å². The molecule has 1 heterocycles. The molecule has 0 bridgehead atoms. The molecule has 2 rings (SSSR count). The van der Waals surface area contributed by atoms with Crippen molar-refractivity contribution in [3.05, 3.63) is 32.6 Å². The Balaban J connectivity index is 2.26. The van der Waals surface area contributed by atoms with E-state index in [2.05, 4.69) is 31.5 Å².